The Bertz CT molecular complexity index is 805. The summed E-state index contributed by atoms with van der Waals surface area (Å²) in [5, 5.41) is 0. The Morgan fingerprint density at radius 3 is 2.77 bits per heavy atom. The smallest absolute Gasteiger partial charge is 0.255 e. The molecular weight excluding hydrogens is 274 g/mol. The highest BCUT2D eigenvalue weighted by Crippen LogP contribution is 2.29. The van der Waals surface area contributed by atoms with Gasteiger partial charge >= 0.3 is 0 Å². The SMILES string of the molecule is O=C(c1ccc2nccn2c1)N(Cc1ccccc1)C1CC1. The van der Waals surface area contributed by atoms with Gasteiger partial charge in [0.15, 0.2) is 0 Å². The lowest BCUT2D eigenvalue weighted by atomic mass is 10.2. The minimum atomic E-state index is 0.0990. The van der Waals surface area contributed by atoms with Gasteiger partial charge in [-0.2, -0.15) is 0 Å². The van der Waals surface area contributed by atoms with Crippen molar-refractivity contribution in [3.05, 3.63) is 72.2 Å². The van der Waals surface area contributed by atoms with Gasteiger partial charge < -0.3 is 9.30 Å². The zero-order chi connectivity index (χ0) is 14.9. The summed E-state index contributed by atoms with van der Waals surface area (Å²) in [6.07, 6.45) is 7.68. The molecule has 2 heterocycles. The van der Waals surface area contributed by atoms with E-state index in [1.54, 1.807) is 6.20 Å². The van der Waals surface area contributed by atoms with E-state index in [-0.39, 0.29) is 5.91 Å². The highest BCUT2D eigenvalue weighted by molar-refractivity contribution is 5.94. The number of rotatable bonds is 4. The lowest BCUT2D eigenvalue weighted by molar-refractivity contribution is 0.0729. The van der Waals surface area contributed by atoms with Gasteiger partial charge in [-0.15, -0.1) is 0 Å². The fraction of sp³-hybridized carbons (Fsp3) is 0.222. The zero-order valence-corrected chi connectivity index (χ0v) is 12.2. The molecule has 0 N–H and O–H groups in total. The van der Waals surface area contributed by atoms with Crippen LogP contribution >= 0.6 is 0 Å². The van der Waals surface area contributed by atoms with Gasteiger partial charge in [0.25, 0.3) is 5.91 Å². The number of aromatic nitrogens is 2. The average molecular weight is 291 g/mol. The number of amides is 1. The van der Waals surface area contributed by atoms with Crippen molar-refractivity contribution in [3.63, 3.8) is 0 Å². The van der Waals surface area contributed by atoms with Gasteiger partial charge in [-0.3, -0.25) is 4.79 Å². The molecule has 110 valence electrons. The van der Waals surface area contributed by atoms with Crippen molar-refractivity contribution in [2.24, 2.45) is 0 Å². The summed E-state index contributed by atoms with van der Waals surface area (Å²) >= 11 is 0. The molecule has 4 heteroatoms. The Hall–Kier alpha value is -2.62. The summed E-state index contributed by atoms with van der Waals surface area (Å²) in [7, 11) is 0. The zero-order valence-electron chi connectivity index (χ0n) is 12.2. The molecule has 1 aliphatic rings. The molecule has 1 aromatic carbocycles. The van der Waals surface area contributed by atoms with E-state index in [1.165, 1.54) is 5.56 Å². The lowest BCUT2D eigenvalue weighted by Gasteiger charge is -2.22. The Balaban J connectivity index is 1.62. The summed E-state index contributed by atoms with van der Waals surface area (Å²) in [4.78, 5) is 19.1. The quantitative estimate of drug-likeness (QED) is 0.740. The van der Waals surface area contributed by atoms with Crippen LogP contribution in [-0.4, -0.2) is 26.2 Å². The topological polar surface area (TPSA) is 37.6 Å². The van der Waals surface area contributed by atoms with Crippen molar-refractivity contribution < 1.29 is 4.79 Å². The summed E-state index contributed by atoms with van der Waals surface area (Å²) in [6, 6.07) is 14.3. The van der Waals surface area contributed by atoms with Gasteiger partial charge in [-0.25, -0.2) is 4.98 Å². The van der Waals surface area contributed by atoms with Gasteiger partial charge in [0.2, 0.25) is 0 Å². The molecule has 0 radical (unpaired) electrons. The number of hydrogen-bond acceptors (Lipinski definition) is 2. The molecule has 1 fully saturated rings. The Morgan fingerprint density at radius 2 is 2.00 bits per heavy atom. The van der Waals surface area contributed by atoms with Crippen molar-refractivity contribution in [1.82, 2.24) is 14.3 Å². The summed E-state index contributed by atoms with van der Waals surface area (Å²) in [5.74, 6) is 0.0990. The van der Waals surface area contributed by atoms with Crippen LogP contribution in [0.3, 0.4) is 0 Å². The molecule has 0 spiro atoms. The van der Waals surface area contributed by atoms with Gasteiger partial charge in [0, 0.05) is 31.2 Å². The highest BCUT2D eigenvalue weighted by Gasteiger charge is 2.33. The second kappa shape index (κ2) is 5.30. The number of fused-ring (bicyclic) bond motifs is 1. The molecule has 0 aliphatic heterocycles. The summed E-state index contributed by atoms with van der Waals surface area (Å²) in [6.45, 7) is 0.673. The number of pyridine rings is 1. The predicted molar refractivity (Wildman–Crippen MR) is 84.5 cm³/mol. The van der Waals surface area contributed by atoms with E-state index < -0.39 is 0 Å². The van der Waals surface area contributed by atoms with E-state index in [4.69, 9.17) is 0 Å². The van der Waals surface area contributed by atoms with Gasteiger partial charge in [0.05, 0.1) is 5.56 Å². The summed E-state index contributed by atoms with van der Waals surface area (Å²) < 4.78 is 1.89. The molecule has 0 atom stereocenters. The molecule has 1 amide bonds. The largest absolute Gasteiger partial charge is 0.331 e. The maximum Gasteiger partial charge on any atom is 0.255 e. The lowest BCUT2D eigenvalue weighted by Crippen LogP contribution is -2.32. The van der Waals surface area contributed by atoms with E-state index in [0.717, 1.165) is 18.5 Å². The van der Waals surface area contributed by atoms with Crippen molar-refractivity contribution in [3.8, 4) is 0 Å². The van der Waals surface area contributed by atoms with Crippen LogP contribution in [0.25, 0.3) is 5.65 Å². The van der Waals surface area contributed by atoms with E-state index in [0.29, 0.717) is 18.2 Å². The van der Waals surface area contributed by atoms with E-state index in [1.807, 2.05) is 52.0 Å². The van der Waals surface area contributed by atoms with Gasteiger partial charge in [-0.1, -0.05) is 30.3 Å². The molecule has 1 aliphatic carbocycles. The predicted octanol–water partition coefficient (Wildman–Crippen LogP) is 3.14. The first-order valence-corrected chi connectivity index (χ1v) is 7.59. The standard InChI is InChI=1S/C18H17N3O/c22-18(15-6-9-17-19-10-11-20(17)13-15)21(16-7-8-16)12-14-4-2-1-3-5-14/h1-6,9-11,13,16H,7-8,12H2. The minimum Gasteiger partial charge on any atom is -0.331 e. The molecule has 0 saturated heterocycles. The molecule has 22 heavy (non-hydrogen) atoms. The number of carbonyl (C=O) groups is 1. The van der Waals surface area contributed by atoms with Crippen LogP contribution in [0, 0.1) is 0 Å². The van der Waals surface area contributed by atoms with Crippen LogP contribution < -0.4 is 0 Å². The third-order valence-corrected chi connectivity index (χ3v) is 4.08. The van der Waals surface area contributed by atoms with Crippen molar-refractivity contribution >= 4 is 11.6 Å². The second-order valence-corrected chi connectivity index (χ2v) is 5.76. The van der Waals surface area contributed by atoms with Crippen molar-refractivity contribution in [2.75, 3.05) is 0 Å². The fourth-order valence-corrected chi connectivity index (χ4v) is 2.75. The average Bonchev–Trinajstić information content (AvgIpc) is 3.29. The van der Waals surface area contributed by atoms with E-state index in [2.05, 4.69) is 17.1 Å². The Morgan fingerprint density at radius 1 is 1.18 bits per heavy atom. The Kier molecular flexibility index (Phi) is 3.15. The van der Waals surface area contributed by atoms with Gasteiger partial charge in [0.1, 0.15) is 5.65 Å². The van der Waals surface area contributed by atoms with Gasteiger partial charge in [-0.05, 0) is 30.5 Å². The van der Waals surface area contributed by atoms with Crippen LogP contribution in [0.1, 0.15) is 28.8 Å². The molecule has 2 aromatic heterocycles. The number of nitrogens with zero attached hydrogens (tertiary/aromatic N) is 3. The first kappa shape index (κ1) is 13.1. The van der Waals surface area contributed by atoms with Crippen LogP contribution in [0.2, 0.25) is 0 Å². The maximum absolute atomic E-state index is 12.9. The van der Waals surface area contributed by atoms with Crippen molar-refractivity contribution in [1.29, 1.82) is 0 Å². The third kappa shape index (κ3) is 2.48. The van der Waals surface area contributed by atoms with Crippen LogP contribution in [0.4, 0.5) is 0 Å². The summed E-state index contributed by atoms with van der Waals surface area (Å²) in [5.41, 5.74) is 2.75. The molecule has 1 saturated carbocycles. The fourth-order valence-electron chi connectivity index (χ4n) is 2.75. The molecule has 4 rings (SSSR count). The van der Waals surface area contributed by atoms with E-state index in [9.17, 15) is 4.79 Å². The molecule has 3 aromatic rings. The second-order valence-electron chi connectivity index (χ2n) is 5.76. The van der Waals surface area contributed by atoms with Crippen LogP contribution in [-0.2, 0) is 6.54 Å². The maximum atomic E-state index is 12.9. The third-order valence-electron chi connectivity index (χ3n) is 4.08. The molecule has 0 bridgehead atoms. The monoisotopic (exact) mass is 291 g/mol. The normalized spacial score (nSPS) is 14.2. The van der Waals surface area contributed by atoms with E-state index >= 15 is 0 Å². The molecule has 0 unspecified atom stereocenters. The first-order valence-electron chi connectivity index (χ1n) is 7.59. The highest BCUT2D eigenvalue weighted by atomic mass is 16.2. The van der Waals surface area contributed by atoms with Crippen LogP contribution in [0.15, 0.2) is 61.1 Å². The molecular formula is C18H17N3O. The van der Waals surface area contributed by atoms with Crippen LogP contribution in [0.5, 0.6) is 0 Å². The Labute approximate surface area is 129 Å². The number of benzene rings is 1. The number of hydrogen-bond donors (Lipinski definition) is 0. The van der Waals surface area contributed by atoms with Crippen molar-refractivity contribution in [2.45, 2.75) is 25.4 Å². The molecule has 4 nitrogen and oxygen atoms in total. The minimum absolute atomic E-state index is 0.0990. The number of carbonyl (C=O) groups excluding carboxylic acids is 1. The number of imidazole rings is 1. The first-order chi connectivity index (χ1) is 10.8.